The molecular weight excluding hydrogens is 285 g/mol. The van der Waals surface area contributed by atoms with E-state index in [0.29, 0.717) is 26.2 Å². The van der Waals surface area contributed by atoms with E-state index in [1.54, 1.807) is 17.0 Å². The Bertz CT molecular complexity index is 561. The highest BCUT2D eigenvalue weighted by molar-refractivity contribution is 5.95. The van der Waals surface area contributed by atoms with Crippen LogP contribution in [0.1, 0.15) is 30.7 Å². The van der Waals surface area contributed by atoms with Crippen LogP contribution in [0.15, 0.2) is 24.3 Å². The molecule has 0 unspecified atom stereocenters. The number of hydrogen-bond acceptors (Lipinski definition) is 2. The molecule has 3 rings (SSSR count). The zero-order valence-electron chi connectivity index (χ0n) is 12.4. The van der Waals surface area contributed by atoms with Crippen LogP contribution in [0.5, 0.6) is 0 Å². The molecule has 2 fully saturated rings. The van der Waals surface area contributed by atoms with Gasteiger partial charge in [0, 0.05) is 32.1 Å². The second kappa shape index (κ2) is 6.34. The molecule has 118 valence electrons. The van der Waals surface area contributed by atoms with E-state index in [2.05, 4.69) is 5.32 Å². The predicted molar refractivity (Wildman–Crippen MR) is 80.1 cm³/mol. The highest BCUT2D eigenvalue weighted by Crippen LogP contribution is 2.27. The molecule has 1 atom stereocenters. The minimum absolute atomic E-state index is 0.192. The van der Waals surface area contributed by atoms with Crippen LogP contribution < -0.4 is 5.32 Å². The molecule has 4 amide bonds. The Kier molecular flexibility index (Phi) is 4.27. The number of nitrogens with zero attached hydrogens (tertiary/aromatic N) is 2. The van der Waals surface area contributed by atoms with Crippen LogP contribution in [0.2, 0.25) is 0 Å². The van der Waals surface area contributed by atoms with Crippen LogP contribution in [-0.4, -0.2) is 48.0 Å². The fourth-order valence-corrected chi connectivity index (χ4v) is 3.15. The molecule has 2 heterocycles. The molecule has 1 N–H and O–H groups in total. The van der Waals surface area contributed by atoms with E-state index in [4.69, 9.17) is 0 Å². The largest absolute Gasteiger partial charge is 0.336 e. The first-order valence-electron chi connectivity index (χ1n) is 7.75. The highest BCUT2D eigenvalue weighted by atomic mass is 19.1. The molecular formula is C16H20FN3O2. The summed E-state index contributed by atoms with van der Waals surface area (Å²) in [4.78, 5) is 27.2. The maximum Gasteiger partial charge on any atom is 0.328 e. The second-order valence-electron chi connectivity index (χ2n) is 5.86. The van der Waals surface area contributed by atoms with E-state index in [1.165, 1.54) is 17.0 Å². The lowest BCUT2D eigenvalue weighted by molar-refractivity contribution is 0.163. The van der Waals surface area contributed by atoms with Crippen molar-refractivity contribution in [3.8, 4) is 0 Å². The molecule has 0 aliphatic carbocycles. The van der Waals surface area contributed by atoms with Gasteiger partial charge < -0.3 is 10.2 Å². The van der Waals surface area contributed by atoms with Gasteiger partial charge in [-0.05, 0) is 30.5 Å². The Morgan fingerprint density at radius 3 is 2.64 bits per heavy atom. The lowest BCUT2D eigenvalue weighted by Gasteiger charge is -2.27. The number of likely N-dealkylation sites (tertiary alicyclic amines) is 1. The first-order chi connectivity index (χ1) is 10.6. The van der Waals surface area contributed by atoms with Gasteiger partial charge in [0.2, 0.25) is 0 Å². The standard InChI is InChI=1S/C16H20FN3O2/c17-14-6-4-12(5-7-14)13-3-1-2-9-19(11-13)16(22)20-10-8-18-15(20)21/h4-7,13H,1-3,8-11H2,(H,18,21)/t13-/m0/s1. The molecule has 1 aromatic carbocycles. The monoisotopic (exact) mass is 305 g/mol. The molecule has 0 spiro atoms. The zero-order valence-corrected chi connectivity index (χ0v) is 12.4. The number of nitrogens with one attached hydrogen (secondary N) is 1. The summed E-state index contributed by atoms with van der Waals surface area (Å²) in [6.45, 7) is 2.18. The summed E-state index contributed by atoms with van der Waals surface area (Å²) in [5, 5.41) is 2.65. The predicted octanol–water partition coefficient (Wildman–Crippen LogP) is 2.54. The Morgan fingerprint density at radius 1 is 1.18 bits per heavy atom. The average molecular weight is 305 g/mol. The number of urea groups is 2. The third kappa shape index (κ3) is 3.05. The molecule has 0 aromatic heterocycles. The Hall–Kier alpha value is -2.11. The van der Waals surface area contributed by atoms with Gasteiger partial charge in [-0.15, -0.1) is 0 Å². The van der Waals surface area contributed by atoms with Crippen molar-refractivity contribution in [2.45, 2.75) is 25.2 Å². The lowest BCUT2D eigenvalue weighted by atomic mass is 9.94. The van der Waals surface area contributed by atoms with Crippen molar-refractivity contribution in [2.75, 3.05) is 26.2 Å². The van der Waals surface area contributed by atoms with Gasteiger partial charge in [0.05, 0.1) is 0 Å². The maximum atomic E-state index is 13.1. The van der Waals surface area contributed by atoms with Gasteiger partial charge >= 0.3 is 12.1 Å². The molecule has 0 saturated carbocycles. The number of hydrogen-bond donors (Lipinski definition) is 1. The summed E-state index contributed by atoms with van der Waals surface area (Å²) in [5.74, 6) is -0.0586. The van der Waals surface area contributed by atoms with Gasteiger partial charge in [-0.1, -0.05) is 18.6 Å². The van der Waals surface area contributed by atoms with Crippen LogP contribution in [-0.2, 0) is 0 Å². The summed E-state index contributed by atoms with van der Waals surface area (Å²) in [6.07, 6.45) is 2.93. The molecule has 6 heteroatoms. The zero-order chi connectivity index (χ0) is 15.5. The smallest absolute Gasteiger partial charge is 0.328 e. The third-order valence-corrected chi connectivity index (χ3v) is 4.37. The first kappa shape index (κ1) is 14.8. The molecule has 0 bridgehead atoms. The number of rotatable bonds is 1. The van der Waals surface area contributed by atoms with Crippen LogP contribution in [0.3, 0.4) is 0 Å². The van der Waals surface area contributed by atoms with Crippen LogP contribution >= 0.6 is 0 Å². The van der Waals surface area contributed by atoms with E-state index in [-0.39, 0.29) is 23.8 Å². The summed E-state index contributed by atoms with van der Waals surface area (Å²) in [7, 11) is 0. The van der Waals surface area contributed by atoms with E-state index < -0.39 is 0 Å². The van der Waals surface area contributed by atoms with Gasteiger partial charge in [0.25, 0.3) is 0 Å². The number of carbonyl (C=O) groups excluding carboxylic acids is 2. The highest BCUT2D eigenvalue weighted by Gasteiger charge is 2.32. The number of halogens is 1. The number of amides is 4. The topological polar surface area (TPSA) is 52.7 Å². The van der Waals surface area contributed by atoms with Gasteiger partial charge in [-0.2, -0.15) is 0 Å². The van der Waals surface area contributed by atoms with E-state index in [9.17, 15) is 14.0 Å². The number of imide groups is 1. The fourth-order valence-electron chi connectivity index (χ4n) is 3.15. The van der Waals surface area contributed by atoms with E-state index >= 15 is 0 Å². The van der Waals surface area contributed by atoms with Crippen LogP contribution in [0.25, 0.3) is 0 Å². The second-order valence-corrected chi connectivity index (χ2v) is 5.86. The first-order valence-corrected chi connectivity index (χ1v) is 7.75. The third-order valence-electron chi connectivity index (χ3n) is 4.37. The molecule has 0 radical (unpaired) electrons. The Labute approximate surface area is 129 Å². The Balaban J connectivity index is 1.73. The molecule has 2 aliphatic heterocycles. The minimum atomic E-state index is -0.312. The van der Waals surface area contributed by atoms with Crippen molar-refractivity contribution in [2.24, 2.45) is 0 Å². The summed E-state index contributed by atoms with van der Waals surface area (Å²) in [6, 6.07) is 5.96. The van der Waals surface area contributed by atoms with Crippen molar-refractivity contribution in [3.05, 3.63) is 35.6 Å². The number of carbonyl (C=O) groups is 2. The Morgan fingerprint density at radius 2 is 1.95 bits per heavy atom. The quantitative estimate of drug-likeness (QED) is 0.867. The van der Waals surface area contributed by atoms with Crippen LogP contribution in [0.4, 0.5) is 14.0 Å². The molecule has 5 nitrogen and oxygen atoms in total. The average Bonchev–Trinajstić information content (AvgIpc) is 2.80. The molecule has 22 heavy (non-hydrogen) atoms. The van der Waals surface area contributed by atoms with E-state index in [0.717, 1.165) is 24.8 Å². The van der Waals surface area contributed by atoms with Gasteiger partial charge in [-0.3, -0.25) is 0 Å². The lowest BCUT2D eigenvalue weighted by Crippen LogP contribution is -2.45. The molecule has 2 saturated heterocycles. The molecule has 1 aromatic rings. The van der Waals surface area contributed by atoms with Crippen molar-refractivity contribution in [3.63, 3.8) is 0 Å². The van der Waals surface area contributed by atoms with Crippen molar-refractivity contribution in [1.29, 1.82) is 0 Å². The minimum Gasteiger partial charge on any atom is -0.336 e. The van der Waals surface area contributed by atoms with Gasteiger partial charge in [0.1, 0.15) is 5.82 Å². The molecule has 2 aliphatic rings. The SMILES string of the molecule is O=C1NCCN1C(=O)N1CCCC[C@H](c2ccc(F)cc2)C1. The van der Waals surface area contributed by atoms with Gasteiger partial charge in [-0.25, -0.2) is 18.9 Å². The van der Waals surface area contributed by atoms with Crippen molar-refractivity contribution < 1.29 is 14.0 Å². The summed E-state index contributed by atoms with van der Waals surface area (Å²) in [5.41, 5.74) is 1.05. The van der Waals surface area contributed by atoms with E-state index in [1.807, 2.05) is 0 Å². The maximum absolute atomic E-state index is 13.1. The number of benzene rings is 1. The normalized spacial score (nSPS) is 22.4. The summed E-state index contributed by atoms with van der Waals surface area (Å²) >= 11 is 0. The van der Waals surface area contributed by atoms with Crippen molar-refractivity contribution in [1.82, 2.24) is 15.1 Å². The van der Waals surface area contributed by atoms with Gasteiger partial charge in [0.15, 0.2) is 0 Å². The summed E-state index contributed by atoms with van der Waals surface area (Å²) < 4.78 is 13.1. The van der Waals surface area contributed by atoms with Crippen LogP contribution in [0, 0.1) is 5.82 Å². The van der Waals surface area contributed by atoms with Crippen molar-refractivity contribution >= 4 is 12.1 Å². The fraction of sp³-hybridized carbons (Fsp3) is 0.500.